The van der Waals surface area contributed by atoms with Crippen LogP contribution in [0.25, 0.3) is 0 Å². The van der Waals surface area contributed by atoms with Crippen LogP contribution in [0.3, 0.4) is 0 Å². The lowest BCUT2D eigenvalue weighted by molar-refractivity contribution is 0.606. The maximum absolute atomic E-state index is 13.4. The summed E-state index contributed by atoms with van der Waals surface area (Å²) in [5.41, 5.74) is 1.37. The quantitative estimate of drug-likeness (QED) is 0.833. The highest BCUT2D eigenvalue weighted by atomic mass is 32.1. The molecule has 2 rings (SSSR count). The molecule has 1 aromatic carbocycles. The van der Waals surface area contributed by atoms with Crippen LogP contribution >= 0.6 is 12.2 Å². The zero-order valence-corrected chi connectivity index (χ0v) is 10.4. The average Bonchev–Trinajstić information content (AvgIpc) is 2.39. The second-order valence-electron chi connectivity index (χ2n) is 3.64. The van der Waals surface area contributed by atoms with Gasteiger partial charge in [0.15, 0.2) is 5.11 Å². The van der Waals surface area contributed by atoms with E-state index in [0.29, 0.717) is 17.2 Å². The minimum absolute atomic E-state index is 0.242. The third-order valence-corrected chi connectivity index (χ3v) is 2.56. The molecule has 0 atom stereocenters. The number of rotatable bonds is 3. The summed E-state index contributed by atoms with van der Waals surface area (Å²) in [5, 5.41) is 6.34. The van der Waals surface area contributed by atoms with Gasteiger partial charge in [0.05, 0.1) is 11.9 Å². The van der Waals surface area contributed by atoms with E-state index in [4.69, 9.17) is 12.2 Å². The normalized spacial score (nSPS) is 9.83. The van der Waals surface area contributed by atoms with Crippen LogP contribution in [0.1, 0.15) is 5.56 Å². The van der Waals surface area contributed by atoms with Crippen molar-refractivity contribution in [3.05, 3.63) is 60.2 Å². The lowest BCUT2D eigenvalue weighted by Gasteiger charge is -2.10. The van der Waals surface area contributed by atoms with Crippen molar-refractivity contribution in [2.24, 2.45) is 0 Å². The van der Waals surface area contributed by atoms with Crippen molar-refractivity contribution in [2.45, 2.75) is 6.54 Å². The van der Waals surface area contributed by atoms with Crippen LogP contribution in [-0.2, 0) is 6.54 Å². The van der Waals surface area contributed by atoms with Crippen LogP contribution in [0.15, 0.2) is 48.8 Å². The highest BCUT2D eigenvalue weighted by Gasteiger charge is 2.01. The molecular weight excluding hydrogens is 249 g/mol. The van der Waals surface area contributed by atoms with E-state index in [9.17, 15) is 4.39 Å². The standard InChI is InChI=1S/C13H12FN3S/c14-12-6-2-1-4-10(12)8-16-13(18)17-11-5-3-7-15-9-11/h1-7,9H,8H2,(H2,16,17,18). The summed E-state index contributed by atoms with van der Waals surface area (Å²) in [6.45, 7) is 0.346. The first-order valence-electron chi connectivity index (χ1n) is 5.44. The second kappa shape index (κ2) is 6.07. The SMILES string of the molecule is Fc1ccccc1CNC(=S)Nc1cccnc1. The zero-order valence-electron chi connectivity index (χ0n) is 9.56. The minimum atomic E-state index is -0.242. The Morgan fingerprint density at radius 3 is 2.78 bits per heavy atom. The van der Waals surface area contributed by atoms with E-state index in [1.165, 1.54) is 6.07 Å². The molecule has 0 radical (unpaired) electrons. The Hall–Kier alpha value is -2.01. The molecule has 0 unspecified atom stereocenters. The molecule has 2 aromatic rings. The van der Waals surface area contributed by atoms with Crippen molar-refractivity contribution in [3.8, 4) is 0 Å². The number of hydrogen-bond acceptors (Lipinski definition) is 2. The molecule has 92 valence electrons. The molecule has 0 saturated heterocycles. The molecule has 0 spiro atoms. The summed E-state index contributed by atoms with van der Waals surface area (Å²) in [7, 11) is 0. The van der Waals surface area contributed by atoms with Gasteiger partial charge in [0.1, 0.15) is 5.82 Å². The number of benzene rings is 1. The molecule has 0 bridgehead atoms. The van der Waals surface area contributed by atoms with E-state index in [1.54, 1.807) is 30.6 Å². The van der Waals surface area contributed by atoms with Gasteiger partial charge in [-0.3, -0.25) is 4.98 Å². The monoisotopic (exact) mass is 261 g/mol. The fraction of sp³-hybridized carbons (Fsp3) is 0.0769. The number of hydrogen-bond donors (Lipinski definition) is 2. The third kappa shape index (κ3) is 3.49. The van der Waals surface area contributed by atoms with Crippen molar-refractivity contribution in [2.75, 3.05) is 5.32 Å². The first-order chi connectivity index (χ1) is 8.75. The summed E-state index contributed by atoms with van der Waals surface area (Å²) in [4.78, 5) is 3.96. The summed E-state index contributed by atoms with van der Waals surface area (Å²) in [6, 6.07) is 10.2. The fourth-order valence-corrected chi connectivity index (χ4v) is 1.62. The molecule has 1 heterocycles. The van der Waals surface area contributed by atoms with Gasteiger partial charge >= 0.3 is 0 Å². The number of thiocarbonyl (C=S) groups is 1. The Morgan fingerprint density at radius 1 is 1.22 bits per heavy atom. The molecule has 18 heavy (non-hydrogen) atoms. The maximum Gasteiger partial charge on any atom is 0.171 e. The van der Waals surface area contributed by atoms with E-state index < -0.39 is 0 Å². The van der Waals surface area contributed by atoms with Gasteiger partial charge < -0.3 is 10.6 Å². The number of aromatic nitrogens is 1. The molecule has 1 aromatic heterocycles. The highest BCUT2D eigenvalue weighted by Crippen LogP contribution is 2.06. The molecule has 0 fully saturated rings. The van der Waals surface area contributed by atoms with Gasteiger partial charge in [-0.1, -0.05) is 18.2 Å². The van der Waals surface area contributed by atoms with Gasteiger partial charge in [-0.25, -0.2) is 4.39 Å². The van der Waals surface area contributed by atoms with Gasteiger partial charge in [-0.05, 0) is 30.4 Å². The van der Waals surface area contributed by atoms with Crippen molar-refractivity contribution >= 4 is 23.0 Å². The largest absolute Gasteiger partial charge is 0.358 e. The van der Waals surface area contributed by atoms with Crippen LogP contribution < -0.4 is 10.6 Å². The van der Waals surface area contributed by atoms with Gasteiger partial charge in [-0.2, -0.15) is 0 Å². The average molecular weight is 261 g/mol. The molecule has 0 aliphatic heterocycles. The molecular formula is C13H12FN3S. The summed E-state index contributed by atoms with van der Waals surface area (Å²) < 4.78 is 13.4. The number of halogens is 1. The molecule has 0 aliphatic carbocycles. The van der Waals surface area contributed by atoms with Crippen LogP contribution in [-0.4, -0.2) is 10.1 Å². The van der Waals surface area contributed by atoms with Crippen molar-refractivity contribution < 1.29 is 4.39 Å². The summed E-state index contributed by atoms with van der Waals surface area (Å²) in [6.07, 6.45) is 3.35. The highest BCUT2D eigenvalue weighted by molar-refractivity contribution is 7.80. The lowest BCUT2D eigenvalue weighted by Crippen LogP contribution is -2.28. The zero-order chi connectivity index (χ0) is 12.8. The smallest absolute Gasteiger partial charge is 0.171 e. The van der Waals surface area contributed by atoms with Gasteiger partial charge in [0, 0.05) is 18.3 Å². The van der Waals surface area contributed by atoms with E-state index in [0.717, 1.165) is 5.69 Å². The number of pyridine rings is 1. The van der Waals surface area contributed by atoms with Crippen LogP contribution in [0.5, 0.6) is 0 Å². The molecule has 3 nitrogen and oxygen atoms in total. The predicted molar refractivity (Wildman–Crippen MR) is 73.7 cm³/mol. The molecule has 0 saturated carbocycles. The maximum atomic E-state index is 13.4. The molecule has 0 amide bonds. The fourth-order valence-electron chi connectivity index (χ4n) is 1.43. The molecule has 5 heteroatoms. The van der Waals surface area contributed by atoms with Gasteiger partial charge in [-0.15, -0.1) is 0 Å². The second-order valence-corrected chi connectivity index (χ2v) is 4.05. The number of nitrogens with one attached hydrogen (secondary N) is 2. The summed E-state index contributed by atoms with van der Waals surface area (Å²) >= 11 is 5.11. The molecule has 2 N–H and O–H groups in total. The number of nitrogens with zero attached hydrogens (tertiary/aromatic N) is 1. The topological polar surface area (TPSA) is 37.0 Å². The third-order valence-electron chi connectivity index (χ3n) is 2.32. The van der Waals surface area contributed by atoms with Crippen LogP contribution in [0.4, 0.5) is 10.1 Å². The van der Waals surface area contributed by atoms with Crippen molar-refractivity contribution in [3.63, 3.8) is 0 Å². The van der Waals surface area contributed by atoms with Crippen molar-refractivity contribution in [1.29, 1.82) is 0 Å². The minimum Gasteiger partial charge on any atom is -0.358 e. The Kier molecular flexibility index (Phi) is 4.20. The summed E-state index contributed by atoms with van der Waals surface area (Å²) in [5.74, 6) is -0.242. The number of anilines is 1. The molecule has 0 aliphatic rings. The van der Waals surface area contributed by atoms with E-state index in [1.807, 2.05) is 12.1 Å². The van der Waals surface area contributed by atoms with Gasteiger partial charge in [0.25, 0.3) is 0 Å². The Morgan fingerprint density at radius 2 is 2.06 bits per heavy atom. The van der Waals surface area contributed by atoms with Crippen molar-refractivity contribution in [1.82, 2.24) is 10.3 Å². The van der Waals surface area contributed by atoms with Gasteiger partial charge in [0.2, 0.25) is 0 Å². The van der Waals surface area contributed by atoms with E-state index >= 15 is 0 Å². The predicted octanol–water partition coefficient (Wildman–Crippen LogP) is 2.71. The van der Waals surface area contributed by atoms with E-state index in [-0.39, 0.29) is 5.82 Å². The Labute approximate surface area is 110 Å². The first-order valence-corrected chi connectivity index (χ1v) is 5.85. The lowest BCUT2D eigenvalue weighted by atomic mass is 10.2. The Balaban J connectivity index is 1.88. The first kappa shape index (κ1) is 12.4. The van der Waals surface area contributed by atoms with Crippen LogP contribution in [0, 0.1) is 5.82 Å². The van der Waals surface area contributed by atoms with Crippen LogP contribution in [0.2, 0.25) is 0 Å². The van der Waals surface area contributed by atoms with E-state index in [2.05, 4.69) is 15.6 Å². The Bertz CT molecular complexity index is 531.